The van der Waals surface area contributed by atoms with Crippen LogP contribution in [0.2, 0.25) is 0 Å². The number of carboxylic acid groups (broad SMARTS) is 1. The average molecular weight is 295 g/mol. The smallest absolute Gasteiger partial charge is 0.313 e. The fourth-order valence-corrected chi connectivity index (χ4v) is 3.00. The second-order valence-corrected chi connectivity index (χ2v) is 6.98. The Labute approximate surface area is 110 Å². The molecular weight excluding hydrogens is 282 g/mol. The largest absolute Gasteiger partial charge is 0.481 e. The van der Waals surface area contributed by atoms with Crippen LogP contribution in [0.25, 0.3) is 0 Å². The molecule has 0 fully saturated rings. The Bertz CT molecular complexity index is 396. The number of anilines is 1. The minimum atomic E-state index is -0.877. The van der Waals surface area contributed by atoms with E-state index in [9.17, 15) is 9.00 Å². The first-order valence-corrected chi connectivity index (χ1v) is 8.17. The van der Waals surface area contributed by atoms with Gasteiger partial charge < -0.3 is 10.4 Å². The number of nitrogens with one attached hydrogen (secondary N) is 1. The van der Waals surface area contributed by atoms with Gasteiger partial charge in [0.1, 0.15) is 0 Å². The van der Waals surface area contributed by atoms with Crippen molar-refractivity contribution in [3.63, 3.8) is 0 Å². The van der Waals surface area contributed by atoms with E-state index in [4.69, 9.17) is 5.11 Å². The number of rotatable bonds is 8. The van der Waals surface area contributed by atoms with Crippen molar-refractivity contribution in [3.8, 4) is 0 Å². The van der Waals surface area contributed by atoms with Crippen LogP contribution in [0.15, 0.2) is 4.34 Å². The van der Waals surface area contributed by atoms with Crippen molar-refractivity contribution in [3.05, 3.63) is 0 Å². The van der Waals surface area contributed by atoms with Crippen LogP contribution in [-0.4, -0.2) is 49.3 Å². The first-order valence-electron chi connectivity index (χ1n) is 4.88. The minimum absolute atomic E-state index is 0.0194. The second kappa shape index (κ2) is 7.62. The fourth-order valence-electron chi connectivity index (χ4n) is 0.879. The number of nitrogens with zero attached hydrogens (tertiary/aromatic N) is 2. The standard InChI is InChI=1S/C8H13N3O3S3/c1-2-17(14)4-3-9-7-10-11-8(16-7)15-5-6(12)13/h2-5H2,1H3,(H,9,10)(H,12,13). The van der Waals surface area contributed by atoms with Gasteiger partial charge in [-0.1, -0.05) is 30.0 Å². The highest BCUT2D eigenvalue weighted by atomic mass is 32.2. The van der Waals surface area contributed by atoms with Crippen molar-refractivity contribution in [2.45, 2.75) is 11.3 Å². The van der Waals surface area contributed by atoms with Gasteiger partial charge in [0.25, 0.3) is 0 Å². The van der Waals surface area contributed by atoms with Crippen LogP contribution in [0.3, 0.4) is 0 Å². The highest BCUT2D eigenvalue weighted by molar-refractivity contribution is 8.01. The number of aromatic nitrogens is 2. The van der Waals surface area contributed by atoms with Gasteiger partial charge in [-0.2, -0.15) is 0 Å². The van der Waals surface area contributed by atoms with Gasteiger partial charge in [0.15, 0.2) is 4.34 Å². The molecule has 0 aliphatic carbocycles. The van der Waals surface area contributed by atoms with Crippen molar-refractivity contribution in [1.82, 2.24) is 10.2 Å². The summed E-state index contributed by atoms with van der Waals surface area (Å²) in [5.41, 5.74) is 0. The predicted octanol–water partition coefficient (Wildman–Crippen LogP) is 0.895. The SMILES string of the molecule is CCS(=O)CCNc1nnc(SCC(=O)O)s1. The summed E-state index contributed by atoms with van der Waals surface area (Å²) in [5.74, 6) is 0.331. The zero-order valence-electron chi connectivity index (χ0n) is 9.21. The average Bonchev–Trinajstić information content (AvgIpc) is 2.74. The van der Waals surface area contributed by atoms with Gasteiger partial charge in [-0.25, -0.2) is 0 Å². The quantitative estimate of drug-likeness (QED) is 0.688. The Morgan fingerprint density at radius 1 is 1.59 bits per heavy atom. The van der Waals surface area contributed by atoms with E-state index in [0.29, 0.717) is 27.5 Å². The fraction of sp³-hybridized carbons (Fsp3) is 0.625. The molecule has 1 aromatic rings. The molecule has 0 amide bonds. The second-order valence-electron chi connectivity index (χ2n) is 2.91. The van der Waals surface area contributed by atoms with Crippen molar-refractivity contribution >= 4 is 45.0 Å². The highest BCUT2D eigenvalue weighted by Gasteiger charge is 2.06. The Morgan fingerprint density at radius 2 is 2.35 bits per heavy atom. The molecule has 1 unspecified atom stereocenters. The van der Waals surface area contributed by atoms with E-state index < -0.39 is 16.8 Å². The van der Waals surface area contributed by atoms with E-state index in [1.165, 1.54) is 11.3 Å². The zero-order chi connectivity index (χ0) is 12.7. The van der Waals surface area contributed by atoms with Gasteiger partial charge >= 0.3 is 5.97 Å². The summed E-state index contributed by atoms with van der Waals surface area (Å²) in [6, 6.07) is 0. The molecule has 0 bridgehead atoms. The molecule has 6 nitrogen and oxygen atoms in total. The predicted molar refractivity (Wildman–Crippen MR) is 70.3 cm³/mol. The third-order valence-electron chi connectivity index (χ3n) is 1.65. The lowest BCUT2D eigenvalue weighted by Crippen LogP contribution is -2.11. The topological polar surface area (TPSA) is 92.2 Å². The molecule has 96 valence electrons. The van der Waals surface area contributed by atoms with E-state index in [0.717, 1.165) is 11.8 Å². The lowest BCUT2D eigenvalue weighted by Gasteiger charge is -1.99. The monoisotopic (exact) mass is 295 g/mol. The highest BCUT2D eigenvalue weighted by Crippen LogP contribution is 2.24. The maximum Gasteiger partial charge on any atom is 0.313 e. The minimum Gasteiger partial charge on any atom is -0.481 e. The number of aliphatic carboxylic acids is 1. The lowest BCUT2D eigenvalue weighted by molar-refractivity contribution is -0.133. The normalized spacial score (nSPS) is 12.3. The van der Waals surface area contributed by atoms with Crippen LogP contribution in [0.4, 0.5) is 5.13 Å². The molecule has 0 radical (unpaired) electrons. The molecule has 9 heteroatoms. The molecule has 1 rings (SSSR count). The number of carbonyl (C=O) groups is 1. The number of hydrogen-bond donors (Lipinski definition) is 2. The van der Waals surface area contributed by atoms with E-state index in [-0.39, 0.29) is 5.75 Å². The molecule has 0 saturated carbocycles. The van der Waals surface area contributed by atoms with Crippen LogP contribution in [-0.2, 0) is 15.6 Å². The van der Waals surface area contributed by atoms with Gasteiger partial charge in [-0.3, -0.25) is 9.00 Å². The first kappa shape index (κ1) is 14.4. The van der Waals surface area contributed by atoms with E-state index in [2.05, 4.69) is 15.5 Å². The maximum absolute atomic E-state index is 11.2. The third kappa shape index (κ3) is 5.99. The molecule has 0 aliphatic heterocycles. The third-order valence-corrected chi connectivity index (χ3v) is 4.96. The summed E-state index contributed by atoms with van der Waals surface area (Å²) in [6.07, 6.45) is 0. The molecule has 1 aromatic heterocycles. The van der Waals surface area contributed by atoms with Crippen LogP contribution < -0.4 is 5.32 Å². The van der Waals surface area contributed by atoms with Gasteiger partial charge in [0.2, 0.25) is 5.13 Å². The summed E-state index contributed by atoms with van der Waals surface area (Å²) in [5, 5.41) is 19.8. The summed E-state index contributed by atoms with van der Waals surface area (Å²) in [7, 11) is -0.792. The molecular formula is C8H13N3O3S3. The molecule has 0 aromatic carbocycles. The van der Waals surface area contributed by atoms with E-state index >= 15 is 0 Å². The molecule has 1 heterocycles. The maximum atomic E-state index is 11.2. The molecule has 2 N–H and O–H groups in total. The molecule has 0 saturated heterocycles. The number of hydrogen-bond acceptors (Lipinski definition) is 7. The number of thioether (sulfide) groups is 1. The summed E-state index contributed by atoms with van der Waals surface area (Å²) in [6.45, 7) is 2.46. The van der Waals surface area contributed by atoms with Crippen LogP contribution in [0, 0.1) is 0 Å². The van der Waals surface area contributed by atoms with E-state index in [1.54, 1.807) is 0 Å². The zero-order valence-corrected chi connectivity index (χ0v) is 11.7. The molecule has 17 heavy (non-hydrogen) atoms. The number of carboxylic acids is 1. The van der Waals surface area contributed by atoms with E-state index in [1.807, 2.05) is 6.92 Å². The van der Waals surface area contributed by atoms with Gasteiger partial charge in [-0.05, 0) is 0 Å². The Morgan fingerprint density at radius 3 is 3.00 bits per heavy atom. The van der Waals surface area contributed by atoms with Gasteiger partial charge in [0.05, 0.1) is 5.75 Å². The molecule has 1 atom stereocenters. The van der Waals surface area contributed by atoms with Crippen molar-refractivity contribution in [2.24, 2.45) is 0 Å². The summed E-state index contributed by atoms with van der Waals surface area (Å²) in [4.78, 5) is 10.3. The van der Waals surface area contributed by atoms with Crippen LogP contribution in [0.5, 0.6) is 0 Å². The van der Waals surface area contributed by atoms with Gasteiger partial charge in [0, 0.05) is 28.9 Å². The Balaban J connectivity index is 2.30. The molecule has 0 spiro atoms. The van der Waals surface area contributed by atoms with Crippen molar-refractivity contribution in [1.29, 1.82) is 0 Å². The van der Waals surface area contributed by atoms with Crippen molar-refractivity contribution in [2.75, 3.05) is 29.1 Å². The first-order chi connectivity index (χ1) is 8.11. The van der Waals surface area contributed by atoms with Gasteiger partial charge in [-0.15, -0.1) is 10.2 Å². The van der Waals surface area contributed by atoms with Crippen LogP contribution >= 0.6 is 23.1 Å². The molecule has 0 aliphatic rings. The van der Waals surface area contributed by atoms with Crippen LogP contribution in [0.1, 0.15) is 6.92 Å². The Kier molecular flexibility index (Phi) is 6.45. The Hall–Kier alpha value is -0.670. The lowest BCUT2D eigenvalue weighted by atomic mass is 10.7. The summed E-state index contributed by atoms with van der Waals surface area (Å²) >= 11 is 2.44. The summed E-state index contributed by atoms with van der Waals surface area (Å²) < 4.78 is 11.8. The van der Waals surface area contributed by atoms with Crippen molar-refractivity contribution < 1.29 is 14.1 Å².